The van der Waals surface area contributed by atoms with Crippen LogP contribution in [-0.2, 0) is 0 Å². The van der Waals surface area contributed by atoms with Crippen LogP contribution in [0, 0.1) is 23.2 Å². The normalized spacial score (nSPS) is 52.9. The quantitative estimate of drug-likeness (QED) is 0.856. The summed E-state index contributed by atoms with van der Waals surface area (Å²) in [4.78, 5) is 2.94. The third kappa shape index (κ3) is 2.28. The summed E-state index contributed by atoms with van der Waals surface area (Å²) in [5.41, 5.74) is 0.746. The summed E-state index contributed by atoms with van der Waals surface area (Å²) < 4.78 is 0. The van der Waals surface area contributed by atoms with Gasteiger partial charge in [-0.25, -0.2) is 0 Å². The fourth-order valence-electron chi connectivity index (χ4n) is 7.46. The molecule has 4 saturated carbocycles. The van der Waals surface area contributed by atoms with Gasteiger partial charge in [-0.15, -0.1) is 0 Å². The van der Waals surface area contributed by atoms with Crippen molar-refractivity contribution in [3.63, 3.8) is 0 Å². The summed E-state index contributed by atoms with van der Waals surface area (Å²) in [6.07, 6.45) is 15.3. The molecule has 118 valence electrons. The SMILES string of the molecule is C1CNC(C2CCCN2CC23CC4CC(CC(C4)C2)C3)C1. The lowest BCUT2D eigenvalue weighted by molar-refractivity contribution is -0.0718. The van der Waals surface area contributed by atoms with Gasteiger partial charge in [0, 0.05) is 18.6 Å². The smallest absolute Gasteiger partial charge is 0.0250 e. The van der Waals surface area contributed by atoms with Gasteiger partial charge < -0.3 is 5.32 Å². The van der Waals surface area contributed by atoms with Crippen LogP contribution in [0.5, 0.6) is 0 Å². The van der Waals surface area contributed by atoms with Gasteiger partial charge in [0.05, 0.1) is 0 Å². The summed E-state index contributed by atoms with van der Waals surface area (Å²) in [6, 6.07) is 1.70. The van der Waals surface area contributed by atoms with Crippen LogP contribution in [0.15, 0.2) is 0 Å². The van der Waals surface area contributed by atoms with Crippen molar-refractivity contribution in [3.8, 4) is 0 Å². The largest absolute Gasteiger partial charge is 0.312 e. The van der Waals surface area contributed by atoms with E-state index < -0.39 is 0 Å². The summed E-state index contributed by atoms with van der Waals surface area (Å²) in [5.74, 6) is 3.34. The van der Waals surface area contributed by atoms with Crippen LogP contribution in [0.2, 0.25) is 0 Å². The van der Waals surface area contributed by atoms with E-state index >= 15 is 0 Å². The Morgan fingerprint density at radius 3 is 2.24 bits per heavy atom. The van der Waals surface area contributed by atoms with Crippen LogP contribution < -0.4 is 5.32 Å². The van der Waals surface area contributed by atoms with E-state index in [9.17, 15) is 0 Å². The molecular formula is C19H32N2. The van der Waals surface area contributed by atoms with E-state index in [0.29, 0.717) is 0 Å². The van der Waals surface area contributed by atoms with Gasteiger partial charge in [-0.3, -0.25) is 4.90 Å². The van der Waals surface area contributed by atoms with Crippen LogP contribution in [0.25, 0.3) is 0 Å². The minimum Gasteiger partial charge on any atom is -0.312 e. The highest BCUT2D eigenvalue weighted by Gasteiger charge is 2.52. The molecule has 4 aliphatic carbocycles. The summed E-state index contributed by atoms with van der Waals surface area (Å²) in [7, 11) is 0. The molecule has 1 N–H and O–H groups in total. The highest BCUT2D eigenvalue weighted by molar-refractivity contribution is 5.04. The van der Waals surface area contributed by atoms with E-state index in [1.807, 2.05) is 0 Å². The maximum absolute atomic E-state index is 3.79. The van der Waals surface area contributed by atoms with Crippen molar-refractivity contribution in [1.82, 2.24) is 10.2 Å². The second kappa shape index (κ2) is 4.96. The molecular weight excluding hydrogens is 256 g/mol. The molecule has 0 aromatic heterocycles. The fraction of sp³-hybridized carbons (Fsp3) is 1.00. The van der Waals surface area contributed by atoms with Gasteiger partial charge in [0.25, 0.3) is 0 Å². The zero-order chi connectivity index (χ0) is 13.9. The second-order valence-corrected chi connectivity index (χ2v) is 9.30. The van der Waals surface area contributed by atoms with Crippen LogP contribution in [-0.4, -0.2) is 36.6 Å². The van der Waals surface area contributed by atoms with Gasteiger partial charge in [-0.1, -0.05) is 0 Å². The van der Waals surface area contributed by atoms with Crippen LogP contribution in [0.1, 0.15) is 64.2 Å². The maximum atomic E-state index is 3.79. The minimum atomic E-state index is 0.746. The molecule has 0 spiro atoms. The lowest BCUT2D eigenvalue weighted by atomic mass is 9.49. The Labute approximate surface area is 130 Å². The molecule has 6 rings (SSSR count). The third-order valence-electron chi connectivity index (χ3n) is 7.68. The van der Waals surface area contributed by atoms with Gasteiger partial charge in [-0.05, 0) is 100 Å². The lowest BCUT2D eigenvalue weighted by Gasteiger charge is -2.58. The Morgan fingerprint density at radius 1 is 0.905 bits per heavy atom. The average molecular weight is 288 g/mol. The average Bonchev–Trinajstić information content (AvgIpc) is 3.06. The molecule has 2 heteroatoms. The van der Waals surface area contributed by atoms with Crippen LogP contribution >= 0.6 is 0 Å². The Hall–Kier alpha value is -0.0800. The van der Waals surface area contributed by atoms with Crippen LogP contribution in [0.4, 0.5) is 0 Å². The van der Waals surface area contributed by atoms with Crippen LogP contribution in [0.3, 0.4) is 0 Å². The van der Waals surface area contributed by atoms with Crippen molar-refractivity contribution >= 4 is 0 Å². The van der Waals surface area contributed by atoms with Gasteiger partial charge in [0.2, 0.25) is 0 Å². The van der Waals surface area contributed by atoms with Crippen molar-refractivity contribution in [2.75, 3.05) is 19.6 Å². The second-order valence-electron chi connectivity index (χ2n) is 9.30. The molecule has 2 heterocycles. The number of hydrogen-bond donors (Lipinski definition) is 1. The summed E-state index contributed by atoms with van der Waals surface area (Å²) in [6.45, 7) is 4.12. The first kappa shape index (κ1) is 13.4. The molecule has 2 unspecified atom stereocenters. The number of hydrogen-bond acceptors (Lipinski definition) is 2. The predicted molar refractivity (Wildman–Crippen MR) is 86.2 cm³/mol. The van der Waals surface area contributed by atoms with E-state index in [2.05, 4.69) is 10.2 Å². The third-order valence-corrected chi connectivity index (χ3v) is 7.68. The van der Waals surface area contributed by atoms with Crippen molar-refractivity contribution < 1.29 is 0 Å². The molecule has 0 aromatic rings. The lowest BCUT2D eigenvalue weighted by Crippen LogP contribution is -2.54. The standard InChI is InChI=1S/C19H32N2/c1-3-17(20-5-1)18-4-2-6-21(18)13-19-10-14-7-15(11-19)9-16(8-14)12-19/h14-18,20H,1-13H2. The topological polar surface area (TPSA) is 15.3 Å². The fourth-order valence-corrected chi connectivity index (χ4v) is 7.46. The number of nitrogens with zero attached hydrogens (tertiary/aromatic N) is 1. The number of nitrogens with one attached hydrogen (secondary N) is 1. The molecule has 2 aliphatic heterocycles. The molecule has 2 atom stereocenters. The molecule has 4 bridgehead atoms. The minimum absolute atomic E-state index is 0.746. The van der Waals surface area contributed by atoms with Gasteiger partial charge in [-0.2, -0.15) is 0 Å². The van der Waals surface area contributed by atoms with E-state index in [4.69, 9.17) is 0 Å². The first-order valence-corrected chi connectivity index (χ1v) is 9.77. The van der Waals surface area contributed by atoms with Crippen molar-refractivity contribution in [1.29, 1.82) is 0 Å². The number of rotatable bonds is 3. The van der Waals surface area contributed by atoms with E-state index in [-0.39, 0.29) is 0 Å². The van der Waals surface area contributed by atoms with Crippen molar-refractivity contribution in [2.45, 2.75) is 76.3 Å². The maximum Gasteiger partial charge on any atom is 0.0250 e. The number of likely N-dealkylation sites (tertiary alicyclic amines) is 1. The Bertz CT molecular complexity index is 363. The zero-order valence-corrected chi connectivity index (χ0v) is 13.5. The molecule has 2 saturated heterocycles. The Kier molecular flexibility index (Phi) is 3.16. The van der Waals surface area contributed by atoms with Gasteiger partial charge in [0.15, 0.2) is 0 Å². The molecule has 0 amide bonds. The predicted octanol–water partition coefficient (Wildman–Crippen LogP) is 3.42. The monoisotopic (exact) mass is 288 g/mol. The first-order chi connectivity index (χ1) is 10.3. The molecule has 6 aliphatic rings. The van der Waals surface area contributed by atoms with Gasteiger partial charge in [0.1, 0.15) is 0 Å². The summed E-state index contributed by atoms with van der Waals surface area (Å²) in [5, 5.41) is 3.79. The molecule has 21 heavy (non-hydrogen) atoms. The van der Waals surface area contributed by atoms with E-state index in [0.717, 1.165) is 35.3 Å². The molecule has 0 radical (unpaired) electrons. The first-order valence-electron chi connectivity index (χ1n) is 9.77. The molecule has 0 aromatic carbocycles. The van der Waals surface area contributed by atoms with Crippen molar-refractivity contribution in [3.05, 3.63) is 0 Å². The van der Waals surface area contributed by atoms with E-state index in [1.165, 1.54) is 45.3 Å². The Balaban J connectivity index is 1.32. The highest BCUT2D eigenvalue weighted by Crippen LogP contribution is 2.60. The summed E-state index contributed by atoms with van der Waals surface area (Å²) >= 11 is 0. The van der Waals surface area contributed by atoms with E-state index in [1.54, 1.807) is 38.5 Å². The Morgan fingerprint density at radius 2 is 1.62 bits per heavy atom. The molecule has 6 fully saturated rings. The van der Waals surface area contributed by atoms with Gasteiger partial charge >= 0.3 is 0 Å². The highest BCUT2D eigenvalue weighted by atomic mass is 15.2. The zero-order valence-electron chi connectivity index (χ0n) is 13.5. The van der Waals surface area contributed by atoms with Crippen molar-refractivity contribution in [2.24, 2.45) is 23.2 Å². The molecule has 2 nitrogen and oxygen atoms in total.